The van der Waals surface area contributed by atoms with Crippen molar-refractivity contribution in [3.05, 3.63) is 95.4 Å². The number of amides is 2. The van der Waals surface area contributed by atoms with Gasteiger partial charge in [-0.25, -0.2) is 4.99 Å². The average molecular weight is 430 g/mol. The number of thioether (sulfide) groups is 1. The fraction of sp³-hybridized carbons (Fsp3) is 0.0417. The molecule has 1 aliphatic heterocycles. The Hall–Kier alpha value is -3.84. The molecule has 2 N–H and O–H groups in total. The van der Waals surface area contributed by atoms with Crippen molar-refractivity contribution in [3.63, 3.8) is 0 Å². The molecule has 3 aromatic carbocycles. The number of amidine groups is 1. The topological polar surface area (TPSA) is 85.0 Å². The fourth-order valence-electron chi connectivity index (χ4n) is 2.93. The smallest absolute Gasteiger partial charge is 0.271 e. The number of carbonyl (C=O) groups excluding carboxylic acids is 2. The van der Waals surface area contributed by atoms with Crippen LogP contribution in [0.15, 0.2) is 94.8 Å². The van der Waals surface area contributed by atoms with Gasteiger partial charge in [0.2, 0.25) is 0 Å². The van der Waals surface area contributed by atoms with Gasteiger partial charge < -0.3 is 10.5 Å². The lowest BCUT2D eigenvalue weighted by Gasteiger charge is -2.15. The van der Waals surface area contributed by atoms with Gasteiger partial charge in [-0.05, 0) is 59.8 Å². The highest BCUT2D eigenvalue weighted by atomic mass is 32.2. The van der Waals surface area contributed by atoms with Crippen molar-refractivity contribution in [2.24, 2.45) is 10.7 Å². The van der Waals surface area contributed by atoms with Crippen LogP contribution < -0.4 is 15.4 Å². The van der Waals surface area contributed by atoms with Gasteiger partial charge in [-0.3, -0.25) is 14.5 Å². The summed E-state index contributed by atoms with van der Waals surface area (Å²) in [7, 11) is 0. The number of nitrogens with zero attached hydrogens (tertiary/aromatic N) is 2. The summed E-state index contributed by atoms with van der Waals surface area (Å²) < 4.78 is 5.28. The molecule has 0 radical (unpaired) electrons. The van der Waals surface area contributed by atoms with Gasteiger partial charge in [0, 0.05) is 0 Å². The predicted molar refractivity (Wildman–Crippen MR) is 124 cm³/mol. The minimum Gasteiger partial charge on any atom is -0.484 e. The highest BCUT2D eigenvalue weighted by molar-refractivity contribution is 8.19. The first kappa shape index (κ1) is 20.4. The first-order valence-corrected chi connectivity index (χ1v) is 10.4. The van der Waals surface area contributed by atoms with Crippen molar-refractivity contribution in [1.82, 2.24) is 0 Å². The number of rotatable bonds is 6. The van der Waals surface area contributed by atoms with Crippen molar-refractivity contribution in [1.29, 1.82) is 0 Å². The van der Waals surface area contributed by atoms with Crippen molar-refractivity contribution in [3.8, 4) is 5.75 Å². The van der Waals surface area contributed by atoms with Gasteiger partial charge in [0.15, 0.2) is 11.8 Å². The highest BCUT2D eigenvalue weighted by Gasteiger charge is 2.34. The van der Waals surface area contributed by atoms with Crippen LogP contribution in [0, 0.1) is 0 Å². The van der Waals surface area contributed by atoms with Crippen molar-refractivity contribution in [2.75, 3.05) is 11.5 Å². The number of para-hydroxylation sites is 2. The lowest BCUT2D eigenvalue weighted by molar-refractivity contribution is -0.120. The number of aliphatic imine (C=N–C) groups is 1. The molecule has 0 spiro atoms. The van der Waals surface area contributed by atoms with E-state index >= 15 is 0 Å². The van der Waals surface area contributed by atoms with E-state index in [-0.39, 0.29) is 12.5 Å². The zero-order chi connectivity index (χ0) is 21.6. The average Bonchev–Trinajstić information content (AvgIpc) is 3.09. The van der Waals surface area contributed by atoms with Crippen LogP contribution in [0.3, 0.4) is 0 Å². The van der Waals surface area contributed by atoms with E-state index in [1.807, 2.05) is 78.9 Å². The number of nitrogens with two attached hydrogens (primary N) is 1. The number of ether oxygens (including phenoxy) is 1. The van der Waals surface area contributed by atoms with Crippen LogP contribution in [0.5, 0.6) is 5.75 Å². The molecule has 7 heteroatoms. The van der Waals surface area contributed by atoms with Crippen LogP contribution in [0.25, 0.3) is 6.08 Å². The summed E-state index contributed by atoms with van der Waals surface area (Å²) in [5.74, 6) is -0.145. The minimum atomic E-state index is -0.537. The SMILES string of the molecule is NC(=O)COc1ccc(C=C2SC(=Nc3ccccc3)N(c3ccccc3)C2=O)cc1. The molecule has 0 aromatic heterocycles. The van der Waals surface area contributed by atoms with Gasteiger partial charge in [-0.15, -0.1) is 0 Å². The van der Waals surface area contributed by atoms with E-state index in [1.165, 1.54) is 11.8 Å². The van der Waals surface area contributed by atoms with Crippen LogP contribution in [-0.2, 0) is 9.59 Å². The number of benzene rings is 3. The maximum atomic E-state index is 13.2. The first-order valence-electron chi connectivity index (χ1n) is 9.54. The number of hydrogen-bond donors (Lipinski definition) is 1. The van der Waals surface area contributed by atoms with E-state index in [0.29, 0.717) is 15.8 Å². The summed E-state index contributed by atoms with van der Waals surface area (Å²) in [4.78, 5) is 31.0. The summed E-state index contributed by atoms with van der Waals surface area (Å²) in [6, 6.07) is 26.1. The van der Waals surface area contributed by atoms with E-state index in [9.17, 15) is 9.59 Å². The number of carbonyl (C=O) groups is 2. The maximum Gasteiger partial charge on any atom is 0.271 e. The second kappa shape index (κ2) is 9.32. The second-order valence-corrected chi connectivity index (χ2v) is 7.65. The zero-order valence-electron chi connectivity index (χ0n) is 16.5. The molecule has 1 saturated heterocycles. The van der Waals surface area contributed by atoms with Gasteiger partial charge in [0.1, 0.15) is 5.75 Å². The Morgan fingerprint density at radius 1 is 0.968 bits per heavy atom. The van der Waals surface area contributed by atoms with Crippen molar-refractivity contribution < 1.29 is 14.3 Å². The molecule has 2 amide bonds. The Bertz CT molecular complexity index is 1140. The van der Waals surface area contributed by atoms with Gasteiger partial charge >= 0.3 is 0 Å². The molecule has 3 aromatic rings. The fourth-order valence-corrected chi connectivity index (χ4v) is 3.93. The molecule has 31 heavy (non-hydrogen) atoms. The first-order chi connectivity index (χ1) is 15.1. The summed E-state index contributed by atoms with van der Waals surface area (Å²) >= 11 is 1.32. The molecule has 0 saturated carbocycles. The van der Waals surface area contributed by atoms with Crippen molar-refractivity contribution in [2.45, 2.75) is 0 Å². The lowest BCUT2D eigenvalue weighted by Crippen LogP contribution is -2.28. The molecule has 6 nitrogen and oxygen atoms in total. The van der Waals surface area contributed by atoms with E-state index in [2.05, 4.69) is 0 Å². The summed E-state index contributed by atoms with van der Waals surface area (Å²) in [5.41, 5.74) is 7.46. The molecular formula is C24H19N3O3S. The molecule has 1 fully saturated rings. The third-order valence-corrected chi connectivity index (χ3v) is 5.33. The van der Waals surface area contributed by atoms with Crippen molar-refractivity contribution >= 4 is 46.2 Å². The summed E-state index contributed by atoms with van der Waals surface area (Å²) in [5, 5.41) is 0.593. The predicted octanol–water partition coefficient (Wildman–Crippen LogP) is 4.36. The van der Waals surface area contributed by atoms with Gasteiger partial charge in [-0.2, -0.15) is 0 Å². The minimum absolute atomic E-state index is 0.139. The van der Waals surface area contributed by atoms with Gasteiger partial charge in [0.05, 0.1) is 16.3 Å². The number of hydrogen-bond acceptors (Lipinski definition) is 5. The van der Waals surface area contributed by atoms with Gasteiger partial charge in [-0.1, -0.05) is 48.5 Å². The second-order valence-electron chi connectivity index (χ2n) is 6.64. The Morgan fingerprint density at radius 3 is 2.26 bits per heavy atom. The Kier molecular flexibility index (Phi) is 6.14. The Balaban J connectivity index is 1.64. The maximum absolute atomic E-state index is 13.2. The largest absolute Gasteiger partial charge is 0.484 e. The standard InChI is InChI=1S/C24H19N3O3S/c25-22(28)16-30-20-13-11-17(12-14-20)15-21-23(29)27(19-9-5-2-6-10-19)24(31-21)26-18-7-3-1-4-8-18/h1-15H,16H2,(H2,25,28). The van der Waals surface area contributed by atoms with E-state index in [0.717, 1.165) is 16.9 Å². The lowest BCUT2D eigenvalue weighted by atomic mass is 10.2. The molecule has 0 aliphatic carbocycles. The monoisotopic (exact) mass is 429 g/mol. The molecule has 0 bridgehead atoms. The number of anilines is 1. The van der Waals surface area contributed by atoms with Gasteiger partial charge in [0.25, 0.3) is 11.8 Å². The summed E-state index contributed by atoms with van der Waals surface area (Å²) in [6.45, 7) is -0.180. The third-order valence-electron chi connectivity index (χ3n) is 4.36. The molecule has 1 aliphatic rings. The quantitative estimate of drug-likeness (QED) is 0.590. The molecule has 0 atom stereocenters. The Morgan fingerprint density at radius 2 is 1.61 bits per heavy atom. The molecule has 0 unspecified atom stereocenters. The molecule has 4 rings (SSSR count). The highest BCUT2D eigenvalue weighted by Crippen LogP contribution is 2.37. The normalized spacial score (nSPS) is 16.1. The molecule has 154 valence electrons. The zero-order valence-corrected chi connectivity index (χ0v) is 17.3. The van der Waals surface area contributed by atoms with Crippen LogP contribution >= 0.6 is 11.8 Å². The van der Waals surface area contributed by atoms with Crippen LogP contribution in [0.4, 0.5) is 11.4 Å². The third kappa shape index (κ3) is 5.02. The Labute approximate surface area is 184 Å². The molecular weight excluding hydrogens is 410 g/mol. The van der Waals surface area contributed by atoms with Crippen LogP contribution in [0.1, 0.15) is 5.56 Å². The van der Waals surface area contributed by atoms with E-state index in [4.69, 9.17) is 15.5 Å². The van der Waals surface area contributed by atoms with E-state index in [1.54, 1.807) is 17.0 Å². The molecule has 1 heterocycles. The van der Waals surface area contributed by atoms with Crippen LogP contribution in [0.2, 0.25) is 0 Å². The van der Waals surface area contributed by atoms with Crippen LogP contribution in [-0.4, -0.2) is 23.6 Å². The summed E-state index contributed by atoms with van der Waals surface area (Å²) in [6.07, 6.45) is 1.81. The van der Waals surface area contributed by atoms with E-state index < -0.39 is 5.91 Å². The number of primary amides is 1.